The van der Waals surface area contributed by atoms with Crippen molar-refractivity contribution in [1.29, 1.82) is 0 Å². The average molecular weight is 302 g/mol. The number of carbonyl (C=O) groups excluding carboxylic acids is 1. The van der Waals surface area contributed by atoms with E-state index in [0.29, 0.717) is 10.6 Å². The number of hydrogen-bond acceptors (Lipinski definition) is 5. The largest absolute Gasteiger partial charge is 0.365 e. The second kappa shape index (κ2) is 6.08. The molecule has 1 unspecified atom stereocenters. The third kappa shape index (κ3) is 3.12. The summed E-state index contributed by atoms with van der Waals surface area (Å²) < 4.78 is 7.45. The van der Waals surface area contributed by atoms with Gasteiger partial charge in [0.2, 0.25) is 0 Å². The molecule has 2 N–H and O–H groups in total. The third-order valence-corrected chi connectivity index (χ3v) is 4.01. The van der Waals surface area contributed by atoms with E-state index in [2.05, 4.69) is 21.9 Å². The summed E-state index contributed by atoms with van der Waals surface area (Å²) in [4.78, 5) is 15.6. The molecule has 1 aliphatic heterocycles. The van der Waals surface area contributed by atoms with Gasteiger partial charge in [-0.25, -0.2) is 9.67 Å². The first-order valence-corrected chi connectivity index (χ1v) is 7.53. The lowest BCUT2D eigenvalue weighted by Gasteiger charge is -2.22. The van der Waals surface area contributed by atoms with E-state index in [0.717, 1.165) is 31.4 Å². The Bertz CT molecular complexity index is 704. The van der Waals surface area contributed by atoms with Gasteiger partial charge in [-0.3, -0.25) is 4.79 Å². The smallest absolute Gasteiger partial charge is 0.261 e. The number of nitrogens with two attached hydrogens (primary N) is 1. The zero-order valence-corrected chi connectivity index (χ0v) is 12.1. The molecule has 3 heterocycles. The van der Waals surface area contributed by atoms with Crippen LogP contribution in [0.25, 0.3) is 0 Å². The van der Waals surface area contributed by atoms with E-state index in [1.807, 2.05) is 6.20 Å². The molecule has 6 nitrogen and oxygen atoms in total. The van der Waals surface area contributed by atoms with Gasteiger partial charge >= 0.3 is 0 Å². The summed E-state index contributed by atoms with van der Waals surface area (Å²) in [7, 11) is 0. The summed E-state index contributed by atoms with van der Waals surface area (Å²) in [5.41, 5.74) is 7.99. The molecule has 1 saturated heterocycles. The minimum atomic E-state index is -0.506. The molecule has 0 aliphatic carbocycles. The molecular weight excluding hydrogens is 288 g/mol. The van der Waals surface area contributed by atoms with E-state index < -0.39 is 5.91 Å². The van der Waals surface area contributed by atoms with Gasteiger partial charge in [-0.1, -0.05) is 5.92 Å². The SMILES string of the molecule is NC(=O)c1scnc1C#Cc1cnn(C2CCCCO2)c1. The number of amides is 1. The van der Waals surface area contributed by atoms with E-state index in [-0.39, 0.29) is 6.23 Å². The molecule has 1 atom stereocenters. The highest BCUT2D eigenvalue weighted by Crippen LogP contribution is 2.21. The molecule has 0 aromatic carbocycles. The predicted molar refractivity (Wildman–Crippen MR) is 77.7 cm³/mol. The minimum Gasteiger partial charge on any atom is -0.365 e. The maximum Gasteiger partial charge on any atom is 0.261 e. The van der Waals surface area contributed by atoms with Crippen molar-refractivity contribution in [2.45, 2.75) is 25.5 Å². The Morgan fingerprint density at radius 1 is 1.48 bits per heavy atom. The first-order valence-electron chi connectivity index (χ1n) is 6.65. The lowest BCUT2D eigenvalue weighted by Crippen LogP contribution is -2.18. The van der Waals surface area contributed by atoms with Gasteiger partial charge in [-0.05, 0) is 25.2 Å². The van der Waals surface area contributed by atoms with Crippen molar-refractivity contribution in [2.75, 3.05) is 6.61 Å². The first kappa shape index (κ1) is 13.8. The monoisotopic (exact) mass is 302 g/mol. The fraction of sp³-hybridized carbons (Fsp3) is 0.357. The second-order valence-electron chi connectivity index (χ2n) is 4.67. The van der Waals surface area contributed by atoms with Gasteiger partial charge in [0.15, 0.2) is 0 Å². The molecule has 3 rings (SSSR count). The van der Waals surface area contributed by atoms with Gasteiger partial charge in [0, 0.05) is 12.8 Å². The van der Waals surface area contributed by atoms with Crippen molar-refractivity contribution < 1.29 is 9.53 Å². The summed E-state index contributed by atoms with van der Waals surface area (Å²) in [6.45, 7) is 0.770. The van der Waals surface area contributed by atoms with Crippen LogP contribution in [-0.2, 0) is 4.74 Å². The van der Waals surface area contributed by atoms with Gasteiger partial charge < -0.3 is 10.5 Å². The standard InChI is InChI=1S/C14H14N4O2S/c15-14(19)13-11(16-9-21-13)5-4-10-7-17-18(8-10)12-3-1-2-6-20-12/h7-9,12H,1-3,6H2,(H2,15,19). The Morgan fingerprint density at radius 3 is 3.14 bits per heavy atom. The number of rotatable bonds is 2. The summed E-state index contributed by atoms with van der Waals surface area (Å²) >= 11 is 1.19. The number of aromatic nitrogens is 3. The first-order chi connectivity index (χ1) is 10.2. The topological polar surface area (TPSA) is 83.0 Å². The van der Waals surface area contributed by atoms with Crippen molar-refractivity contribution >= 4 is 17.2 Å². The average Bonchev–Trinajstić information content (AvgIpc) is 3.15. The van der Waals surface area contributed by atoms with Crippen LogP contribution in [0, 0.1) is 11.8 Å². The normalized spacial score (nSPS) is 18.0. The molecular formula is C14H14N4O2S. The van der Waals surface area contributed by atoms with E-state index in [1.165, 1.54) is 11.3 Å². The zero-order valence-electron chi connectivity index (χ0n) is 11.3. The lowest BCUT2D eigenvalue weighted by molar-refractivity contribution is -0.0395. The quantitative estimate of drug-likeness (QED) is 0.853. The molecule has 0 bridgehead atoms. The Hall–Kier alpha value is -2.17. The van der Waals surface area contributed by atoms with Crippen LogP contribution in [0.1, 0.15) is 46.4 Å². The highest BCUT2D eigenvalue weighted by Gasteiger charge is 2.16. The van der Waals surface area contributed by atoms with Gasteiger partial charge in [0.05, 0.1) is 17.3 Å². The van der Waals surface area contributed by atoms with Crippen LogP contribution in [0.2, 0.25) is 0 Å². The molecule has 0 spiro atoms. The fourth-order valence-electron chi connectivity index (χ4n) is 2.13. The number of thiazole rings is 1. The second-order valence-corrected chi connectivity index (χ2v) is 5.53. The Labute approximate surface area is 125 Å². The van der Waals surface area contributed by atoms with Crippen molar-refractivity contribution in [3.63, 3.8) is 0 Å². The molecule has 2 aromatic heterocycles. The number of hydrogen-bond donors (Lipinski definition) is 1. The third-order valence-electron chi connectivity index (χ3n) is 3.17. The molecule has 1 aliphatic rings. The van der Waals surface area contributed by atoms with Crippen LogP contribution in [-0.4, -0.2) is 27.3 Å². The van der Waals surface area contributed by atoms with Crippen molar-refractivity contribution in [2.24, 2.45) is 5.73 Å². The van der Waals surface area contributed by atoms with Crippen molar-refractivity contribution in [1.82, 2.24) is 14.8 Å². The van der Waals surface area contributed by atoms with Crippen LogP contribution in [0.3, 0.4) is 0 Å². The Morgan fingerprint density at radius 2 is 2.38 bits per heavy atom. The summed E-state index contributed by atoms with van der Waals surface area (Å²) in [6, 6.07) is 0. The highest BCUT2D eigenvalue weighted by atomic mass is 32.1. The maximum absolute atomic E-state index is 11.2. The van der Waals surface area contributed by atoms with Gasteiger partial charge in [-0.15, -0.1) is 11.3 Å². The van der Waals surface area contributed by atoms with Crippen LogP contribution in [0.5, 0.6) is 0 Å². The highest BCUT2D eigenvalue weighted by molar-refractivity contribution is 7.11. The predicted octanol–water partition coefficient (Wildman–Crippen LogP) is 1.54. The molecule has 1 fully saturated rings. The van der Waals surface area contributed by atoms with E-state index in [9.17, 15) is 4.79 Å². The van der Waals surface area contributed by atoms with Crippen LogP contribution in [0.15, 0.2) is 17.9 Å². The van der Waals surface area contributed by atoms with Crippen LogP contribution in [0.4, 0.5) is 0 Å². The molecule has 21 heavy (non-hydrogen) atoms. The number of primary amides is 1. The lowest BCUT2D eigenvalue weighted by atomic mass is 10.2. The van der Waals surface area contributed by atoms with Gasteiger partial charge in [0.1, 0.15) is 16.8 Å². The maximum atomic E-state index is 11.2. The van der Waals surface area contributed by atoms with E-state index in [4.69, 9.17) is 10.5 Å². The molecule has 7 heteroatoms. The Balaban J connectivity index is 1.77. The van der Waals surface area contributed by atoms with Gasteiger partial charge in [0.25, 0.3) is 5.91 Å². The Kier molecular flexibility index (Phi) is 3.99. The van der Waals surface area contributed by atoms with Crippen molar-refractivity contribution in [3.8, 4) is 11.8 Å². The van der Waals surface area contributed by atoms with E-state index >= 15 is 0 Å². The summed E-state index contributed by atoms with van der Waals surface area (Å²) in [6.07, 6.45) is 6.73. The molecule has 0 radical (unpaired) electrons. The van der Waals surface area contributed by atoms with Gasteiger partial charge in [-0.2, -0.15) is 5.10 Å². The van der Waals surface area contributed by atoms with Crippen LogP contribution >= 0.6 is 11.3 Å². The van der Waals surface area contributed by atoms with Crippen molar-refractivity contribution in [3.05, 3.63) is 34.0 Å². The summed E-state index contributed by atoms with van der Waals surface area (Å²) in [5.74, 6) is 5.30. The molecule has 2 aromatic rings. The summed E-state index contributed by atoms with van der Waals surface area (Å²) in [5, 5.41) is 4.28. The molecule has 1 amide bonds. The minimum absolute atomic E-state index is 0.00486. The number of nitrogens with zero attached hydrogens (tertiary/aromatic N) is 3. The molecule has 0 saturated carbocycles. The zero-order chi connectivity index (χ0) is 14.7. The molecule has 108 valence electrons. The fourth-order valence-corrected chi connectivity index (χ4v) is 2.73. The number of carbonyl (C=O) groups is 1. The number of ether oxygens (including phenoxy) is 1. The van der Waals surface area contributed by atoms with Crippen LogP contribution < -0.4 is 5.73 Å². The van der Waals surface area contributed by atoms with E-state index in [1.54, 1.807) is 16.4 Å².